The van der Waals surface area contributed by atoms with Crippen LogP contribution in [0.2, 0.25) is 0 Å². The molecule has 72 valence electrons. The SMILES string of the molecule is OCc1nnn(-c2ccccc2Br)n1. The van der Waals surface area contributed by atoms with Crippen molar-refractivity contribution < 1.29 is 5.11 Å². The number of nitrogens with zero attached hydrogens (tertiary/aromatic N) is 4. The van der Waals surface area contributed by atoms with E-state index in [9.17, 15) is 0 Å². The van der Waals surface area contributed by atoms with E-state index in [4.69, 9.17) is 5.11 Å². The summed E-state index contributed by atoms with van der Waals surface area (Å²) in [5.41, 5.74) is 0.791. The second kappa shape index (κ2) is 3.85. The first-order valence-corrected chi connectivity index (χ1v) is 4.75. The molecule has 0 saturated heterocycles. The van der Waals surface area contributed by atoms with Crippen LogP contribution in [0.1, 0.15) is 5.82 Å². The predicted molar refractivity (Wildman–Crippen MR) is 52.8 cm³/mol. The summed E-state index contributed by atoms with van der Waals surface area (Å²) in [6.45, 7) is -0.204. The number of para-hydroxylation sites is 1. The highest BCUT2D eigenvalue weighted by atomic mass is 79.9. The zero-order valence-corrected chi connectivity index (χ0v) is 8.72. The third kappa shape index (κ3) is 1.66. The van der Waals surface area contributed by atoms with Gasteiger partial charge in [-0.3, -0.25) is 0 Å². The molecular formula is C8H7BrN4O. The van der Waals surface area contributed by atoms with E-state index < -0.39 is 0 Å². The van der Waals surface area contributed by atoms with Crippen molar-refractivity contribution in [1.82, 2.24) is 20.2 Å². The van der Waals surface area contributed by atoms with E-state index in [0.717, 1.165) is 10.2 Å². The maximum Gasteiger partial charge on any atom is 0.200 e. The fourth-order valence-electron chi connectivity index (χ4n) is 1.02. The average molecular weight is 255 g/mol. The first kappa shape index (κ1) is 9.29. The summed E-state index contributed by atoms with van der Waals surface area (Å²) in [4.78, 5) is 1.37. The molecule has 0 aliphatic rings. The van der Waals surface area contributed by atoms with Gasteiger partial charge in [0.05, 0.1) is 0 Å². The molecule has 0 fully saturated rings. The van der Waals surface area contributed by atoms with Gasteiger partial charge in [-0.25, -0.2) is 0 Å². The lowest BCUT2D eigenvalue weighted by Gasteiger charge is -1.99. The van der Waals surface area contributed by atoms with Gasteiger partial charge in [0.15, 0.2) is 0 Å². The van der Waals surface area contributed by atoms with Crippen molar-refractivity contribution in [2.45, 2.75) is 6.61 Å². The zero-order chi connectivity index (χ0) is 9.97. The molecule has 0 radical (unpaired) electrons. The molecule has 1 aromatic carbocycles. The van der Waals surface area contributed by atoms with E-state index in [-0.39, 0.29) is 6.61 Å². The fraction of sp³-hybridized carbons (Fsp3) is 0.125. The number of aliphatic hydroxyl groups excluding tert-OH is 1. The van der Waals surface area contributed by atoms with Crippen molar-refractivity contribution in [3.05, 3.63) is 34.6 Å². The summed E-state index contributed by atoms with van der Waals surface area (Å²) >= 11 is 3.37. The van der Waals surface area contributed by atoms with Crippen LogP contribution in [0.4, 0.5) is 0 Å². The number of benzene rings is 1. The van der Waals surface area contributed by atoms with Gasteiger partial charge in [0.25, 0.3) is 0 Å². The molecule has 2 rings (SSSR count). The molecule has 0 saturated carbocycles. The second-order valence-electron chi connectivity index (χ2n) is 2.60. The molecule has 0 bridgehead atoms. The third-order valence-electron chi connectivity index (χ3n) is 1.66. The Kier molecular flexibility index (Phi) is 2.55. The summed E-state index contributed by atoms with van der Waals surface area (Å²) in [7, 11) is 0. The molecule has 0 spiro atoms. The fourth-order valence-corrected chi connectivity index (χ4v) is 1.47. The second-order valence-corrected chi connectivity index (χ2v) is 3.46. The number of hydrogen-bond acceptors (Lipinski definition) is 4. The lowest BCUT2D eigenvalue weighted by molar-refractivity contribution is 0.271. The molecule has 0 unspecified atom stereocenters. The van der Waals surface area contributed by atoms with Gasteiger partial charge in [0.1, 0.15) is 12.3 Å². The molecule has 0 amide bonds. The van der Waals surface area contributed by atoms with Gasteiger partial charge >= 0.3 is 0 Å². The van der Waals surface area contributed by atoms with E-state index in [2.05, 4.69) is 31.3 Å². The van der Waals surface area contributed by atoms with Crippen molar-refractivity contribution >= 4 is 15.9 Å². The molecule has 1 aromatic heterocycles. The normalized spacial score (nSPS) is 10.4. The molecule has 5 nitrogen and oxygen atoms in total. The predicted octanol–water partition coefficient (Wildman–Crippen LogP) is 0.917. The van der Waals surface area contributed by atoms with Crippen LogP contribution in [0.3, 0.4) is 0 Å². The summed E-state index contributed by atoms with van der Waals surface area (Å²) in [6.07, 6.45) is 0. The Hall–Kier alpha value is -1.27. The molecule has 0 aliphatic carbocycles. The maximum atomic E-state index is 8.78. The Morgan fingerprint density at radius 3 is 2.79 bits per heavy atom. The number of aliphatic hydroxyl groups is 1. The standard InChI is InChI=1S/C8H7BrN4O/c9-6-3-1-2-4-7(6)13-11-8(5-14)10-12-13/h1-4,14H,5H2. The highest BCUT2D eigenvalue weighted by Gasteiger charge is 2.05. The lowest BCUT2D eigenvalue weighted by atomic mass is 10.3. The van der Waals surface area contributed by atoms with Crippen LogP contribution in [0, 0.1) is 0 Å². The Balaban J connectivity index is 2.44. The Morgan fingerprint density at radius 1 is 1.36 bits per heavy atom. The highest BCUT2D eigenvalue weighted by Crippen LogP contribution is 2.18. The van der Waals surface area contributed by atoms with Crippen molar-refractivity contribution in [3.63, 3.8) is 0 Å². The van der Waals surface area contributed by atoms with Gasteiger partial charge in [0.2, 0.25) is 5.82 Å². The Bertz CT molecular complexity index is 442. The molecule has 0 atom stereocenters. The van der Waals surface area contributed by atoms with E-state index in [0.29, 0.717) is 5.82 Å². The van der Waals surface area contributed by atoms with E-state index in [1.807, 2.05) is 24.3 Å². The monoisotopic (exact) mass is 254 g/mol. The smallest absolute Gasteiger partial charge is 0.200 e. The first-order valence-electron chi connectivity index (χ1n) is 3.96. The minimum atomic E-state index is -0.204. The van der Waals surface area contributed by atoms with Gasteiger partial charge in [-0.2, -0.15) is 0 Å². The van der Waals surface area contributed by atoms with Gasteiger partial charge in [-0.1, -0.05) is 12.1 Å². The number of aromatic nitrogens is 4. The maximum absolute atomic E-state index is 8.78. The van der Waals surface area contributed by atoms with E-state index >= 15 is 0 Å². The van der Waals surface area contributed by atoms with Gasteiger partial charge in [-0.05, 0) is 33.3 Å². The topological polar surface area (TPSA) is 63.8 Å². The van der Waals surface area contributed by atoms with Crippen LogP contribution in [0.5, 0.6) is 0 Å². The van der Waals surface area contributed by atoms with Crippen molar-refractivity contribution in [2.75, 3.05) is 0 Å². The van der Waals surface area contributed by atoms with E-state index in [1.54, 1.807) is 0 Å². The molecule has 1 heterocycles. The summed E-state index contributed by atoms with van der Waals surface area (Å²) in [5.74, 6) is 0.306. The number of hydrogen-bond donors (Lipinski definition) is 1. The largest absolute Gasteiger partial charge is 0.388 e. The van der Waals surface area contributed by atoms with Gasteiger partial charge in [-0.15, -0.1) is 15.0 Å². The Labute approximate surface area is 88.5 Å². The minimum absolute atomic E-state index is 0.204. The lowest BCUT2D eigenvalue weighted by Crippen LogP contribution is -2.00. The molecule has 14 heavy (non-hydrogen) atoms. The number of rotatable bonds is 2. The minimum Gasteiger partial charge on any atom is -0.388 e. The summed E-state index contributed by atoms with van der Waals surface area (Å²) in [5, 5.41) is 20.2. The Morgan fingerprint density at radius 2 is 2.14 bits per heavy atom. The number of tetrazole rings is 1. The van der Waals surface area contributed by atoms with E-state index in [1.165, 1.54) is 4.80 Å². The van der Waals surface area contributed by atoms with Crippen molar-refractivity contribution in [3.8, 4) is 5.69 Å². The third-order valence-corrected chi connectivity index (χ3v) is 2.33. The van der Waals surface area contributed by atoms with Gasteiger partial charge < -0.3 is 5.11 Å². The van der Waals surface area contributed by atoms with Crippen LogP contribution in [0.25, 0.3) is 5.69 Å². The quantitative estimate of drug-likeness (QED) is 0.866. The first-order chi connectivity index (χ1) is 6.81. The summed E-state index contributed by atoms with van der Waals surface area (Å²) < 4.78 is 0.877. The van der Waals surface area contributed by atoms with Crippen LogP contribution < -0.4 is 0 Å². The van der Waals surface area contributed by atoms with Gasteiger partial charge in [0, 0.05) is 4.47 Å². The molecular weight excluding hydrogens is 248 g/mol. The van der Waals surface area contributed by atoms with Crippen LogP contribution in [-0.2, 0) is 6.61 Å². The molecule has 6 heteroatoms. The highest BCUT2D eigenvalue weighted by molar-refractivity contribution is 9.10. The van der Waals surface area contributed by atoms with Crippen molar-refractivity contribution in [1.29, 1.82) is 0 Å². The van der Waals surface area contributed by atoms with Crippen LogP contribution >= 0.6 is 15.9 Å². The zero-order valence-electron chi connectivity index (χ0n) is 7.13. The van der Waals surface area contributed by atoms with Crippen LogP contribution in [0.15, 0.2) is 28.7 Å². The molecule has 0 aliphatic heterocycles. The summed E-state index contributed by atoms with van der Waals surface area (Å²) in [6, 6.07) is 7.52. The van der Waals surface area contributed by atoms with Crippen LogP contribution in [-0.4, -0.2) is 25.3 Å². The van der Waals surface area contributed by atoms with Crippen molar-refractivity contribution in [2.24, 2.45) is 0 Å². The average Bonchev–Trinajstić information content (AvgIpc) is 2.67. The molecule has 2 aromatic rings. The molecule has 1 N–H and O–H groups in total. The number of halogens is 1.